The van der Waals surface area contributed by atoms with E-state index in [9.17, 15) is 0 Å². The Balaban J connectivity index is 1.05. The molecule has 0 fully saturated rings. The molecule has 0 saturated heterocycles. The first kappa shape index (κ1) is 32.0. The van der Waals surface area contributed by atoms with Gasteiger partial charge >= 0.3 is 0 Å². The molecule has 0 aliphatic carbocycles. The Labute approximate surface area is 324 Å². The molecule has 0 saturated carbocycles. The summed E-state index contributed by atoms with van der Waals surface area (Å²) in [5.41, 5.74) is 16.1. The van der Waals surface area contributed by atoms with Crippen molar-refractivity contribution >= 4 is 43.7 Å². The van der Waals surface area contributed by atoms with E-state index in [2.05, 4.69) is 193 Å². The van der Waals surface area contributed by atoms with Crippen molar-refractivity contribution in [2.75, 3.05) is 0 Å². The summed E-state index contributed by atoms with van der Waals surface area (Å²) in [6.07, 6.45) is 0. The van der Waals surface area contributed by atoms with Crippen LogP contribution in [0.25, 0.3) is 105 Å². The van der Waals surface area contributed by atoms with Crippen molar-refractivity contribution in [3.05, 3.63) is 206 Å². The molecule has 0 spiro atoms. The Morgan fingerprint density at radius 3 is 1.79 bits per heavy atom. The van der Waals surface area contributed by atoms with Gasteiger partial charge in [0.15, 0.2) is 0 Å². The van der Waals surface area contributed by atoms with E-state index in [4.69, 9.17) is 9.40 Å². The smallest absolute Gasteiger partial charge is 0.143 e. The van der Waals surface area contributed by atoms with Crippen LogP contribution in [0.2, 0.25) is 0 Å². The first-order valence-corrected chi connectivity index (χ1v) is 19.0. The third-order valence-corrected chi connectivity index (χ3v) is 11.0. The fourth-order valence-electron chi connectivity index (χ4n) is 8.36. The summed E-state index contributed by atoms with van der Waals surface area (Å²) in [7, 11) is 0. The molecule has 56 heavy (non-hydrogen) atoms. The summed E-state index contributed by atoms with van der Waals surface area (Å²) < 4.78 is 8.94. The van der Waals surface area contributed by atoms with Gasteiger partial charge in [-0.2, -0.15) is 0 Å². The fraction of sp³-hybridized carbons (Fsp3) is 0. The van der Waals surface area contributed by atoms with Crippen LogP contribution in [0.4, 0.5) is 0 Å². The van der Waals surface area contributed by atoms with Gasteiger partial charge in [0, 0.05) is 43.8 Å². The van der Waals surface area contributed by atoms with Crippen molar-refractivity contribution in [3.63, 3.8) is 0 Å². The molecule has 0 aliphatic rings. The lowest BCUT2D eigenvalue weighted by molar-refractivity contribution is 0.670. The zero-order valence-corrected chi connectivity index (χ0v) is 30.4. The SMILES string of the molecule is c1ccc(-c2cc(-c3ccccc3)nc(-c3cccc(-c4ccc5c(c4)c4ccccc4n5-c4ccccc4-c4cccc5c4oc4ccccc45)c3)c2)cc1. The monoisotopic (exact) mass is 714 g/mol. The van der Waals surface area contributed by atoms with Crippen LogP contribution in [0.3, 0.4) is 0 Å². The maximum absolute atomic E-state index is 6.54. The highest BCUT2D eigenvalue weighted by Gasteiger charge is 2.19. The van der Waals surface area contributed by atoms with Crippen molar-refractivity contribution in [3.8, 4) is 61.6 Å². The second kappa shape index (κ2) is 13.1. The summed E-state index contributed by atoms with van der Waals surface area (Å²) >= 11 is 0. The van der Waals surface area contributed by atoms with Crippen molar-refractivity contribution < 1.29 is 4.42 Å². The molecule has 3 nitrogen and oxygen atoms in total. The van der Waals surface area contributed by atoms with Gasteiger partial charge in [0.2, 0.25) is 0 Å². The number of hydrogen-bond donors (Lipinski definition) is 0. The van der Waals surface area contributed by atoms with E-state index in [-0.39, 0.29) is 0 Å². The number of hydrogen-bond acceptors (Lipinski definition) is 2. The van der Waals surface area contributed by atoms with E-state index < -0.39 is 0 Å². The third kappa shape index (κ3) is 5.32. The highest BCUT2D eigenvalue weighted by atomic mass is 16.3. The van der Waals surface area contributed by atoms with Gasteiger partial charge in [0.1, 0.15) is 11.2 Å². The topological polar surface area (TPSA) is 31.0 Å². The lowest BCUT2D eigenvalue weighted by Crippen LogP contribution is -1.97. The third-order valence-electron chi connectivity index (χ3n) is 11.0. The van der Waals surface area contributed by atoms with E-state index in [0.29, 0.717) is 0 Å². The Hall–Kier alpha value is -7.49. The normalized spacial score (nSPS) is 11.6. The van der Waals surface area contributed by atoms with Gasteiger partial charge in [-0.15, -0.1) is 0 Å². The number of rotatable bonds is 6. The van der Waals surface area contributed by atoms with E-state index >= 15 is 0 Å². The first-order chi connectivity index (χ1) is 27.8. The second-order valence-electron chi connectivity index (χ2n) is 14.3. The Kier molecular flexibility index (Phi) is 7.49. The summed E-state index contributed by atoms with van der Waals surface area (Å²) in [6, 6.07) is 73.2. The molecule has 3 heterocycles. The molecule has 0 amide bonds. The van der Waals surface area contributed by atoms with E-state index in [1.54, 1.807) is 0 Å². The highest BCUT2D eigenvalue weighted by Crippen LogP contribution is 2.42. The van der Waals surface area contributed by atoms with Crippen molar-refractivity contribution in [1.29, 1.82) is 0 Å². The predicted molar refractivity (Wildman–Crippen MR) is 233 cm³/mol. The van der Waals surface area contributed by atoms with Gasteiger partial charge in [-0.05, 0) is 70.8 Å². The summed E-state index contributed by atoms with van der Waals surface area (Å²) in [5.74, 6) is 0. The van der Waals surface area contributed by atoms with Gasteiger partial charge in [-0.25, -0.2) is 4.98 Å². The number of pyridine rings is 1. The lowest BCUT2D eigenvalue weighted by atomic mass is 9.97. The van der Waals surface area contributed by atoms with Crippen LogP contribution in [0, 0.1) is 0 Å². The average molecular weight is 715 g/mol. The molecule has 0 radical (unpaired) electrons. The van der Waals surface area contributed by atoms with Crippen LogP contribution >= 0.6 is 0 Å². The zero-order valence-electron chi connectivity index (χ0n) is 30.4. The van der Waals surface area contributed by atoms with E-state index in [1.165, 1.54) is 16.3 Å². The van der Waals surface area contributed by atoms with Crippen LogP contribution in [-0.2, 0) is 0 Å². The highest BCUT2D eigenvalue weighted by molar-refractivity contribution is 6.13. The van der Waals surface area contributed by atoms with Crippen molar-refractivity contribution in [2.24, 2.45) is 0 Å². The minimum absolute atomic E-state index is 0.900. The standard InChI is InChI=1S/C53H34N2O/c1-3-15-35(16-4-1)40-33-47(36-17-5-2-6-18-36)54-48(34-40)39-20-13-19-37(31-39)38-29-30-51-46(32-38)42-22-8-11-27-50(42)55(51)49-26-10-7-21-41(49)44-24-14-25-45-43-23-9-12-28-52(43)56-53(44)45/h1-34H. The predicted octanol–water partition coefficient (Wildman–Crippen LogP) is 14.4. The van der Waals surface area contributed by atoms with E-state index in [1.807, 2.05) is 18.2 Å². The minimum Gasteiger partial charge on any atom is -0.455 e. The number of para-hydroxylation sites is 4. The molecule has 11 aromatic rings. The maximum Gasteiger partial charge on any atom is 0.143 e. The molecule has 8 aromatic carbocycles. The van der Waals surface area contributed by atoms with Gasteiger partial charge in [-0.1, -0.05) is 158 Å². The lowest BCUT2D eigenvalue weighted by Gasteiger charge is -2.14. The molecule has 0 N–H and O–H groups in total. The number of fused-ring (bicyclic) bond motifs is 6. The molecule has 0 unspecified atom stereocenters. The summed E-state index contributed by atoms with van der Waals surface area (Å²) in [5, 5.41) is 4.67. The summed E-state index contributed by atoms with van der Waals surface area (Å²) in [4.78, 5) is 5.22. The van der Waals surface area contributed by atoms with Gasteiger partial charge in [0.25, 0.3) is 0 Å². The van der Waals surface area contributed by atoms with E-state index in [0.717, 1.165) is 89.0 Å². The molecule has 262 valence electrons. The molecule has 0 atom stereocenters. The summed E-state index contributed by atoms with van der Waals surface area (Å²) in [6.45, 7) is 0. The molecule has 3 heteroatoms. The molecule has 3 aromatic heterocycles. The number of furan rings is 1. The van der Waals surface area contributed by atoms with Crippen LogP contribution < -0.4 is 0 Å². The Morgan fingerprint density at radius 1 is 0.339 bits per heavy atom. The number of benzene rings is 8. The average Bonchev–Trinajstić information content (AvgIpc) is 3.83. The quantitative estimate of drug-likeness (QED) is 0.172. The van der Waals surface area contributed by atoms with Gasteiger partial charge < -0.3 is 8.98 Å². The first-order valence-electron chi connectivity index (χ1n) is 19.0. The number of nitrogens with zero attached hydrogens (tertiary/aromatic N) is 2. The molecule has 11 rings (SSSR count). The number of aromatic nitrogens is 2. The molecule has 0 aliphatic heterocycles. The fourth-order valence-corrected chi connectivity index (χ4v) is 8.36. The van der Waals surface area contributed by atoms with Gasteiger partial charge in [0.05, 0.1) is 28.1 Å². The largest absolute Gasteiger partial charge is 0.455 e. The molecule has 0 bridgehead atoms. The minimum atomic E-state index is 0.900. The van der Waals surface area contributed by atoms with Crippen molar-refractivity contribution in [1.82, 2.24) is 9.55 Å². The Morgan fingerprint density at radius 2 is 0.929 bits per heavy atom. The second-order valence-corrected chi connectivity index (χ2v) is 14.3. The van der Waals surface area contributed by atoms with Gasteiger partial charge in [-0.3, -0.25) is 0 Å². The zero-order chi connectivity index (χ0) is 37.0. The van der Waals surface area contributed by atoms with Crippen LogP contribution in [0.15, 0.2) is 211 Å². The van der Waals surface area contributed by atoms with Crippen LogP contribution in [0.5, 0.6) is 0 Å². The Bertz CT molecular complexity index is 3190. The van der Waals surface area contributed by atoms with Crippen LogP contribution in [-0.4, -0.2) is 9.55 Å². The molecular weight excluding hydrogens is 681 g/mol. The molecular formula is C53H34N2O. The van der Waals surface area contributed by atoms with Crippen LogP contribution in [0.1, 0.15) is 0 Å². The van der Waals surface area contributed by atoms with Crippen molar-refractivity contribution in [2.45, 2.75) is 0 Å². The maximum atomic E-state index is 6.54.